The van der Waals surface area contributed by atoms with Crippen molar-refractivity contribution in [3.63, 3.8) is 0 Å². The van der Waals surface area contributed by atoms with Crippen molar-refractivity contribution in [1.29, 1.82) is 0 Å². The lowest BCUT2D eigenvalue weighted by atomic mass is 10.3. The van der Waals surface area contributed by atoms with Crippen molar-refractivity contribution in [2.75, 3.05) is 12.8 Å². The SMILES string of the molecule is C=C(N)CSC1=CCC=CN1C. The first-order valence-electron chi connectivity index (χ1n) is 3.86. The van der Waals surface area contributed by atoms with Crippen molar-refractivity contribution >= 4 is 11.8 Å². The number of hydrogen-bond donors (Lipinski definition) is 1. The Bertz CT molecular complexity index is 231. The molecule has 1 rings (SSSR count). The van der Waals surface area contributed by atoms with Crippen LogP contribution in [0.3, 0.4) is 0 Å². The average molecular weight is 182 g/mol. The molecular weight excluding hydrogens is 168 g/mol. The molecule has 2 N–H and O–H groups in total. The van der Waals surface area contributed by atoms with Crippen LogP contribution in [0.2, 0.25) is 0 Å². The fourth-order valence-electron chi connectivity index (χ4n) is 0.933. The van der Waals surface area contributed by atoms with Crippen molar-refractivity contribution in [3.8, 4) is 0 Å². The highest BCUT2D eigenvalue weighted by molar-refractivity contribution is 8.03. The third-order valence-electron chi connectivity index (χ3n) is 1.51. The van der Waals surface area contributed by atoms with Gasteiger partial charge in [-0.3, -0.25) is 0 Å². The Morgan fingerprint density at radius 1 is 1.83 bits per heavy atom. The van der Waals surface area contributed by atoms with Gasteiger partial charge in [0.1, 0.15) is 0 Å². The minimum atomic E-state index is 0.726. The summed E-state index contributed by atoms with van der Waals surface area (Å²) >= 11 is 1.72. The average Bonchev–Trinajstić information content (AvgIpc) is 2.03. The zero-order valence-corrected chi connectivity index (χ0v) is 8.10. The third-order valence-corrected chi connectivity index (χ3v) is 2.78. The Labute approximate surface area is 77.8 Å². The number of nitrogens with two attached hydrogens (primary N) is 1. The Morgan fingerprint density at radius 2 is 2.58 bits per heavy atom. The topological polar surface area (TPSA) is 29.3 Å². The summed E-state index contributed by atoms with van der Waals surface area (Å²) in [5.74, 6) is 0.796. The predicted molar refractivity (Wildman–Crippen MR) is 55.4 cm³/mol. The van der Waals surface area contributed by atoms with Crippen LogP contribution in [-0.4, -0.2) is 17.7 Å². The molecule has 0 atom stereocenters. The van der Waals surface area contributed by atoms with Gasteiger partial charge in [0, 0.05) is 24.7 Å². The van der Waals surface area contributed by atoms with E-state index in [-0.39, 0.29) is 0 Å². The summed E-state index contributed by atoms with van der Waals surface area (Å²) in [5, 5.41) is 1.25. The molecule has 0 aliphatic carbocycles. The van der Waals surface area contributed by atoms with Crippen molar-refractivity contribution < 1.29 is 0 Å². The van der Waals surface area contributed by atoms with Gasteiger partial charge < -0.3 is 10.6 Å². The van der Waals surface area contributed by atoms with Gasteiger partial charge in [0.2, 0.25) is 0 Å². The van der Waals surface area contributed by atoms with Crippen LogP contribution in [0.15, 0.2) is 35.7 Å². The maximum atomic E-state index is 5.48. The Morgan fingerprint density at radius 3 is 3.17 bits per heavy atom. The highest BCUT2D eigenvalue weighted by Gasteiger charge is 2.04. The highest BCUT2D eigenvalue weighted by atomic mass is 32.2. The summed E-state index contributed by atoms with van der Waals surface area (Å²) in [6.45, 7) is 3.66. The molecule has 0 amide bonds. The van der Waals surface area contributed by atoms with Crippen LogP contribution in [0.4, 0.5) is 0 Å². The Balaban J connectivity index is 2.41. The molecule has 0 saturated heterocycles. The fraction of sp³-hybridized carbons (Fsp3) is 0.333. The largest absolute Gasteiger partial charge is 0.402 e. The van der Waals surface area contributed by atoms with Gasteiger partial charge in [-0.1, -0.05) is 18.7 Å². The molecule has 1 heterocycles. The maximum absolute atomic E-state index is 5.48. The number of rotatable bonds is 3. The second-order valence-corrected chi connectivity index (χ2v) is 3.72. The van der Waals surface area contributed by atoms with E-state index in [1.165, 1.54) is 5.03 Å². The molecule has 0 aromatic carbocycles. The Kier molecular flexibility index (Phi) is 3.29. The molecule has 2 nitrogen and oxygen atoms in total. The molecule has 66 valence electrons. The van der Waals surface area contributed by atoms with Gasteiger partial charge in [0.05, 0.1) is 5.03 Å². The van der Waals surface area contributed by atoms with Crippen LogP contribution in [0, 0.1) is 0 Å². The number of thioether (sulfide) groups is 1. The third kappa shape index (κ3) is 2.66. The van der Waals surface area contributed by atoms with Gasteiger partial charge in [-0.05, 0) is 6.42 Å². The molecule has 0 aromatic heterocycles. The van der Waals surface area contributed by atoms with Crippen LogP contribution < -0.4 is 5.73 Å². The minimum Gasteiger partial charge on any atom is -0.402 e. The maximum Gasteiger partial charge on any atom is 0.0711 e. The lowest BCUT2D eigenvalue weighted by Crippen LogP contribution is -2.11. The number of nitrogens with zero attached hydrogens (tertiary/aromatic N) is 1. The molecule has 0 unspecified atom stereocenters. The van der Waals surface area contributed by atoms with Gasteiger partial charge in [0.25, 0.3) is 0 Å². The van der Waals surface area contributed by atoms with Crippen molar-refractivity contribution in [3.05, 3.63) is 35.7 Å². The van der Waals surface area contributed by atoms with Gasteiger partial charge in [-0.2, -0.15) is 0 Å². The number of allylic oxidation sites excluding steroid dienone is 2. The summed E-state index contributed by atoms with van der Waals surface area (Å²) in [6.07, 6.45) is 7.40. The quantitative estimate of drug-likeness (QED) is 0.722. The molecule has 0 saturated carbocycles. The first-order chi connectivity index (χ1) is 5.70. The molecule has 0 fully saturated rings. The minimum absolute atomic E-state index is 0.726. The van der Waals surface area contributed by atoms with Gasteiger partial charge >= 0.3 is 0 Å². The zero-order chi connectivity index (χ0) is 8.97. The molecule has 0 aromatic rings. The van der Waals surface area contributed by atoms with Gasteiger partial charge in [0.15, 0.2) is 0 Å². The molecule has 0 radical (unpaired) electrons. The molecular formula is C9H14N2S. The van der Waals surface area contributed by atoms with Crippen molar-refractivity contribution in [2.24, 2.45) is 5.73 Å². The van der Waals surface area contributed by atoms with E-state index in [0.717, 1.165) is 17.9 Å². The number of hydrogen-bond acceptors (Lipinski definition) is 3. The van der Waals surface area contributed by atoms with E-state index in [1.807, 2.05) is 7.05 Å². The molecule has 12 heavy (non-hydrogen) atoms. The summed E-state index contributed by atoms with van der Waals surface area (Å²) in [7, 11) is 2.04. The van der Waals surface area contributed by atoms with Crippen molar-refractivity contribution in [2.45, 2.75) is 6.42 Å². The predicted octanol–water partition coefficient (Wildman–Crippen LogP) is 1.88. The summed E-state index contributed by atoms with van der Waals surface area (Å²) in [5.41, 5.74) is 6.20. The van der Waals surface area contributed by atoms with Crippen LogP contribution >= 0.6 is 11.8 Å². The van der Waals surface area contributed by atoms with Gasteiger partial charge in [-0.15, -0.1) is 11.8 Å². The summed E-state index contributed by atoms with van der Waals surface area (Å²) in [6, 6.07) is 0. The lowest BCUT2D eigenvalue weighted by molar-refractivity contribution is 0.597. The van der Waals surface area contributed by atoms with Crippen LogP contribution in [-0.2, 0) is 0 Å². The smallest absolute Gasteiger partial charge is 0.0711 e. The standard InChI is InChI=1S/C9H14N2S/c1-8(10)7-12-9-5-3-4-6-11(9)2/h4-6H,1,3,7,10H2,2H3. The molecule has 1 aliphatic rings. The second-order valence-electron chi connectivity index (χ2n) is 2.72. The van der Waals surface area contributed by atoms with E-state index in [4.69, 9.17) is 5.73 Å². The normalized spacial score (nSPS) is 16.1. The summed E-state index contributed by atoms with van der Waals surface area (Å²) < 4.78 is 0. The molecule has 0 spiro atoms. The second kappa shape index (κ2) is 4.26. The first kappa shape index (κ1) is 9.26. The fourth-order valence-corrected chi connectivity index (χ4v) is 1.74. The van der Waals surface area contributed by atoms with E-state index in [0.29, 0.717) is 0 Å². The van der Waals surface area contributed by atoms with Gasteiger partial charge in [-0.25, -0.2) is 0 Å². The van der Waals surface area contributed by atoms with Crippen LogP contribution in [0.5, 0.6) is 0 Å². The first-order valence-corrected chi connectivity index (χ1v) is 4.84. The molecule has 0 bridgehead atoms. The highest BCUT2D eigenvalue weighted by Crippen LogP contribution is 2.23. The van der Waals surface area contributed by atoms with E-state index in [2.05, 4.69) is 29.8 Å². The lowest BCUT2D eigenvalue weighted by Gasteiger charge is -2.20. The van der Waals surface area contributed by atoms with Crippen LogP contribution in [0.25, 0.3) is 0 Å². The molecule has 1 aliphatic heterocycles. The van der Waals surface area contributed by atoms with E-state index in [1.54, 1.807) is 11.8 Å². The zero-order valence-electron chi connectivity index (χ0n) is 7.29. The monoisotopic (exact) mass is 182 g/mol. The van der Waals surface area contributed by atoms with Crippen molar-refractivity contribution in [1.82, 2.24) is 4.90 Å². The van der Waals surface area contributed by atoms with E-state index < -0.39 is 0 Å². The van der Waals surface area contributed by atoms with E-state index >= 15 is 0 Å². The Hall–Kier alpha value is -0.830. The molecule has 3 heteroatoms. The van der Waals surface area contributed by atoms with E-state index in [9.17, 15) is 0 Å². The van der Waals surface area contributed by atoms with Crippen LogP contribution in [0.1, 0.15) is 6.42 Å². The summed E-state index contributed by atoms with van der Waals surface area (Å²) in [4.78, 5) is 2.09.